The highest BCUT2D eigenvalue weighted by atomic mass is 19.1. The van der Waals surface area contributed by atoms with E-state index in [1.54, 1.807) is 19.1 Å². The van der Waals surface area contributed by atoms with Crippen molar-refractivity contribution in [1.29, 1.82) is 0 Å². The van der Waals surface area contributed by atoms with Gasteiger partial charge in [0, 0.05) is 6.20 Å². The third-order valence-corrected chi connectivity index (χ3v) is 2.86. The summed E-state index contributed by atoms with van der Waals surface area (Å²) in [4.78, 5) is 15.6. The van der Waals surface area contributed by atoms with Crippen molar-refractivity contribution in [3.8, 4) is 0 Å². The zero-order valence-electron chi connectivity index (χ0n) is 11.1. The lowest BCUT2D eigenvalue weighted by molar-refractivity contribution is 0.0602. The van der Waals surface area contributed by atoms with Gasteiger partial charge in [-0.1, -0.05) is 12.1 Å². The number of halogens is 1. The van der Waals surface area contributed by atoms with Crippen LogP contribution in [-0.2, 0) is 4.74 Å². The number of anilines is 3. The van der Waals surface area contributed by atoms with E-state index in [2.05, 4.69) is 15.0 Å². The van der Waals surface area contributed by atoms with E-state index in [4.69, 9.17) is 5.73 Å². The van der Waals surface area contributed by atoms with Crippen LogP contribution in [0.15, 0.2) is 30.5 Å². The number of carbonyl (C=O) groups excluding carboxylic acids is 1. The molecule has 2 rings (SSSR count). The van der Waals surface area contributed by atoms with Gasteiger partial charge in [-0.3, -0.25) is 0 Å². The number of benzene rings is 1. The molecule has 1 aromatic carbocycles. The number of nitrogens with two attached hydrogens (primary N) is 1. The van der Waals surface area contributed by atoms with E-state index >= 15 is 0 Å². The van der Waals surface area contributed by atoms with Gasteiger partial charge in [-0.15, -0.1) is 0 Å². The normalized spacial score (nSPS) is 10.2. The highest BCUT2D eigenvalue weighted by Gasteiger charge is 2.15. The maximum atomic E-state index is 13.8. The molecule has 0 atom stereocenters. The lowest BCUT2D eigenvalue weighted by Crippen LogP contribution is -2.09. The molecule has 1 heterocycles. The Morgan fingerprint density at radius 2 is 2.15 bits per heavy atom. The molecule has 0 saturated heterocycles. The van der Waals surface area contributed by atoms with E-state index in [9.17, 15) is 9.18 Å². The van der Waals surface area contributed by atoms with Crippen LogP contribution in [0.5, 0.6) is 0 Å². The molecule has 6 heteroatoms. The summed E-state index contributed by atoms with van der Waals surface area (Å²) in [7, 11) is 1.26. The molecule has 0 aliphatic rings. The molecule has 1 aromatic heterocycles. The van der Waals surface area contributed by atoms with E-state index in [-0.39, 0.29) is 22.8 Å². The second-order valence-electron chi connectivity index (χ2n) is 4.17. The molecule has 0 aliphatic heterocycles. The number of aromatic nitrogens is 1. The van der Waals surface area contributed by atoms with Crippen LogP contribution >= 0.6 is 0 Å². The van der Waals surface area contributed by atoms with E-state index in [1.807, 2.05) is 0 Å². The first-order chi connectivity index (χ1) is 9.54. The van der Waals surface area contributed by atoms with Crippen LogP contribution in [0.4, 0.5) is 21.6 Å². The van der Waals surface area contributed by atoms with Gasteiger partial charge in [-0.05, 0) is 24.6 Å². The minimum absolute atomic E-state index is 0.113. The summed E-state index contributed by atoms with van der Waals surface area (Å²) in [5, 5.41) is 2.81. The molecule has 0 spiro atoms. The summed E-state index contributed by atoms with van der Waals surface area (Å²) in [6, 6.07) is 6.14. The quantitative estimate of drug-likeness (QED) is 0.842. The monoisotopic (exact) mass is 275 g/mol. The highest BCUT2D eigenvalue weighted by Crippen LogP contribution is 2.27. The maximum Gasteiger partial charge on any atom is 0.340 e. The average molecular weight is 275 g/mol. The zero-order chi connectivity index (χ0) is 14.7. The Labute approximate surface area is 115 Å². The van der Waals surface area contributed by atoms with Crippen LogP contribution in [0.1, 0.15) is 15.9 Å². The molecule has 0 amide bonds. The fraction of sp³-hybridized carbons (Fsp3) is 0.143. The molecular weight excluding hydrogens is 261 g/mol. The lowest BCUT2D eigenvalue weighted by Gasteiger charge is -2.13. The SMILES string of the molecule is COC(=O)c1ccnc(Nc2c(C)cccc2F)c1N. The summed E-state index contributed by atoms with van der Waals surface area (Å²) in [6.07, 6.45) is 1.40. The Kier molecular flexibility index (Phi) is 3.84. The molecule has 0 aliphatic carbocycles. The maximum absolute atomic E-state index is 13.8. The number of ether oxygens (including phenoxy) is 1. The fourth-order valence-corrected chi connectivity index (χ4v) is 1.77. The molecule has 5 nitrogen and oxygen atoms in total. The molecule has 0 unspecified atom stereocenters. The first-order valence-electron chi connectivity index (χ1n) is 5.89. The van der Waals surface area contributed by atoms with Gasteiger partial charge in [0.05, 0.1) is 24.0 Å². The Hall–Kier alpha value is -2.63. The van der Waals surface area contributed by atoms with Crippen LogP contribution in [0.25, 0.3) is 0 Å². The smallest absolute Gasteiger partial charge is 0.340 e. The second-order valence-corrected chi connectivity index (χ2v) is 4.17. The number of nitrogen functional groups attached to an aromatic ring is 1. The number of carbonyl (C=O) groups is 1. The fourth-order valence-electron chi connectivity index (χ4n) is 1.77. The number of para-hydroxylation sites is 1. The summed E-state index contributed by atoms with van der Waals surface area (Å²) in [5.41, 5.74) is 7.13. The topological polar surface area (TPSA) is 77.2 Å². The molecule has 2 aromatic rings. The average Bonchev–Trinajstić information content (AvgIpc) is 2.44. The van der Waals surface area contributed by atoms with Gasteiger partial charge in [0.25, 0.3) is 0 Å². The van der Waals surface area contributed by atoms with E-state index in [0.29, 0.717) is 5.56 Å². The van der Waals surface area contributed by atoms with Gasteiger partial charge < -0.3 is 15.8 Å². The standard InChI is InChI=1S/C14H14FN3O2/c1-8-4-3-5-10(15)12(8)18-13-11(16)9(6-7-17-13)14(19)20-2/h3-7H,16H2,1-2H3,(H,17,18). The number of hydrogen-bond donors (Lipinski definition) is 2. The number of pyridine rings is 1. The van der Waals surface area contributed by atoms with Gasteiger partial charge in [0.2, 0.25) is 0 Å². The predicted octanol–water partition coefficient (Wildman–Crippen LogP) is 2.64. The molecule has 0 radical (unpaired) electrons. The van der Waals surface area contributed by atoms with Crippen molar-refractivity contribution in [2.75, 3.05) is 18.2 Å². The van der Waals surface area contributed by atoms with Crippen LogP contribution in [-0.4, -0.2) is 18.1 Å². The Morgan fingerprint density at radius 1 is 1.40 bits per heavy atom. The van der Waals surface area contributed by atoms with Crippen molar-refractivity contribution in [3.63, 3.8) is 0 Å². The molecule has 0 fully saturated rings. The Morgan fingerprint density at radius 3 is 2.80 bits per heavy atom. The van der Waals surface area contributed by atoms with Gasteiger partial charge in [-0.2, -0.15) is 0 Å². The summed E-state index contributed by atoms with van der Waals surface area (Å²) in [6.45, 7) is 1.76. The van der Waals surface area contributed by atoms with Crippen LogP contribution in [0.3, 0.4) is 0 Å². The number of esters is 1. The number of aryl methyl sites for hydroxylation is 1. The van der Waals surface area contributed by atoms with Crippen molar-refractivity contribution >= 4 is 23.2 Å². The van der Waals surface area contributed by atoms with Crippen molar-refractivity contribution in [1.82, 2.24) is 4.98 Å². The predicted molar refractivity (Wildman–Crippen MR) is 74.4 cm³/mol. The minimum atomic E-state index is -0.571. The highest BCUT2D eigenvalue weighted by molar-refractivity contribution is 5.98. The number of rotatable bonds is 3. The molecule has 0 saturated carbocycles. The Bertz CT molecular complexity index is 639. The zero-order valence-corrected chi connectivity index (χ0v) is 11.1. The van der Waals surface area contributed by atoms with Crippen LogP contribution in [0.2, 0.25) is 0 Å². The number of methoxy groups -OCH3 is 1. The van der Waals surface area contributed by atoms with Gasteiger partial charge in [0.15, 0.2) is 5.82 Å². The molecular formula is C14H14FN3O2. The molecule has 104 valence electrons. The number of hydrogen-bond acceptors (Lipinski definition) is 5. The number of nitrogens with zero attached hydrogens (tertiary/aromatic N) is 1. The van der Waals surface area contributed by atoms with Crippen molar-refractivity contribution in [3.05, 3.63) is 47.4 Å². The molecule has 0 bridgehead atoms. The van der Waals surface area contributed by atoms with Crippen molar-refractivity contribution < 1.29 is 13.9 Å². The Balaban J connectivity index is 2.42. The van der Waals surface area contributed by atoms with Crippen LogP contribution < -0.4 is 11.1 Å². The van der Waals surface area contributed by atoms with Crippen molar-refractivity contribution in [2.24, 2.45) is 0 Å². The lowest BCUT2D eigenvalue weighted by atomic mass is 10.1. The summed E-state index contributed by atoms with van der Waals surface area (Å²) in [5.74, 6) is -0.783. The first kappa shape index (κ1) is 13.8. The van der Waals surface area contributed by atoms with Gasteiger partial charge in [0.1, 0.15) is 5.82 Å². The summed E-state index contributed by atoms with van der Waals surface area (Å²) >= 11 is 0. The second kappa shape index (κ2) is 5.56. The first-order valence-corrected chi connectivity index (χ1v) is 5.89. The largest absolute Gasteiger partial charge is 0.465 e. The van der Waals surface area contributed by atoms with Crippen LogP contribution in [0, 0.1) is 12.7 Å². The molecule has 20 heavy (non-hydrogen) atoms. The van der Waals surface area contributed by atoms with Gasteiger partial charge >= 0.3 is 5.97 Å². The molecule has 3 N–H and O–H groups in total. The van der Waals surface area contributed by atoms with Crippen molar-refractivity contribution in [2.45, 2.75) is 6.92 Å². The minimum Gasteiger partial charge on any atom is -0.465 e. The third kappa shape index (κ3) is 2.54. The van der Waals surface area contributed by atoms with E-state index < -0.39 is 11.8 Å². The third-order valence-electron chi connectivity index (χ3n) is 2.86. The van der Waals surface area contributed by atoms with Gasteiger partial charge in [-0.25, -0.2) is 14.2 Å². The van der Waals surface area contributed by atoms with E-state index in [1.165, 1.54) is 25.4 Å². The van der Waals surface area contributed by atoms with E-state index in [0.717, 1.165) is 0 Å². The number of nitrogens with one attached hydrogen (secondary N) is 1. The summed E-state index contributed by atoms with van der Waals surface area (Å²) < 4.78 is 18.4.